The van der Waals surface area contributed by atoms with Crippen molar-refractivity contribution in [2.24, 2.45) is 5.92 Å². The number of amides is 1. The smallest absolute Gasteiger partial charge is 0.275 e. The third kappa shape index (κ3) is 3.88. The zero-order valence-corrected chi connectivity index (χ0v) is 13.9. The molecule has 1 fully saturated rings. The van der Waals surface area contributed by atoms with Crippen LogP contribution in [0.3, 0.4) is 0 Å². The van der Waals surface area contributed by atoms with Crippen molar-refractivity contribution in [3.8, 4) is 0 Å². The van der Waals surface area contributed by atoms with Gasteiger partial charge in [-0.3, -0.25) is 14.9 Å². The number of nitro benzene ring substituents is 1. The maximum Gasteiger partial charge on any atom is 0.275 e. The molecule has 0 aliphatic heterocycles. The summed E-state index contributed by atoms with van der Waals surface area (Å²) in [5.41, 5.74) is 2.12. The minimum atomic E-state index is -0.432. The Hall–Kier alpha value is -1.95. The quantitative estimate of drug-likeness (QED) is 0.659. The first-order valence-corrected chi connectivity index (χ1v) is 8.02. The summed E-state index contributed by atoms with van der Waals surface area (Å²) in [7, 11) is 0. The summed E-state index contributed by atoms with van der Waals surface area (Å²) < 4.78 is 0. The highest BCUT2D eigenvalue weighted by Crippen LogP contribution is 2.29. The first kappa shape index (κ1) is 17.4. The molecule has 2 N–H and O–H groups in total. The van der Waals surface area contributed by atoms with E-state index in [2.05, 4.69) is 5.32 Å². The van der Waals surface area contributed by atoms with Gasteiger partial charge in [0.25, 0.3) is 11.6 Å². The number of nitro groups is 1. The van der Waals surface area contributed by atoms with E-state index in [0.717, 1.165) is 24.8 Å². The summed E-state index contributed by atoms with van der Waals surface area (Å²) in [5, 5.41) is 23.8. The lowest BCUT2D eigenvalue weighted by Gasteiger charge is -2.26. The average molecular weight is 320 g/mol. The summed E-state index contributed by atoms with van der Waals surface area (Å²) in [6, 6.07) is 1.68. The summed E-state index contributed by atoms with van der Waals surface area (Å²) in [6.07, 6.45) is 3.20. The van der Waals surface area contributed by atoms with Crippen molar-refractivity contribution in [1.29, 1.82) is 0 Å². The second-order valence-electron chi connectivity index (χ2n) is 6.51. The van der Waals surface area contributed by atoms with Crippen molar-refractivity contribution in [3.05, 3.63) is 38.4 Å². The van der Waals surface area contributed by atoms with E-state index in [9.17, 15) is 20.0 Å². The van der Waals surface area contributed by atoms with Gasteiger partial charge in [-0.05, 0) is 57.6 Å². The van der Waals surface area contributed by atoms with Crippen LogP contribution in [0.15, 0.2) is 6.07 Å². The van der Waals surface area contributed by atoms with E-state index in [0.29, 0.717) is 29.7 Å². The van der Waals surface area contributed by atoms with Gasteiger partial charge in [-0.2, -0.15) is 0 Å². The molecule has 0 aromatic heterocycles. The molecular formula is C17H24N2O4. The number of aryl methyl sites for hydroxylation is 2. The summed E-state index contributed by atoms with van der Waals surface area (Å²) in [5.74, 6) is -0.00749. The van der Waals surface area contributed by atoms with Crippen LogP contribution >= 0.6 is 0 Å². The van der Waals surface area contributed by atoms with E-state index < -0.39 is 4.92 Å². The number of hydrogen-bond acceptors (Lipinski definition) is 4. The van der Waals surface area contributed by atoms with Crippen LogP contribution in [0.5, 0.6) is 0 Å². The van der Waals surface area contributed by atoms with Crippen LogP contribution in [0.1, 0.15) is 52.7 Å². The second-order valence-corrected chi connectivity index (χ2v) is 6.51. The molecule has 2 unspecified atom stereocenters. The molecule has 1 saturated carbocycles. The van der Waals surface area contributed by atoms with Gasteiger partial charge in [-0.15, -0.1) is 0 Å². The lowest BCUT2D eigenvalue weighted by atomic mass is 9.87. The Kier molecular flexibility index (Phi) is 5.36. The topological polar surface area (TPSA) is 92.5 Å². The fourth-order valence-corrected chi connectivity index (χ4v) is 3.58. The van der Waals surface area contributed by atoms with Gasteiger partial charge in [0.15, 0.2) is 0 Å². The highest BCUT2D eigenvalue weighted by Gasteiger charge is 2.25. The van der Waals surface area contributed by atoms with Gasteiger partial charge in [0.05, 0.1) is 16.6 Å². The fourth-order valence-electron chi connectivity index (χ4n) is 3.58. The van der Waals surface area contributed by atoms with Crippen LogP contribution in [-0.2, 0) is 0 Å². The van der Waals surface area contributed by atoms with Crippen LogP contribution in [-0.4, -0.2) is 28.6 Å². The first-order valence-electron chi connectivity index (χ1n) is 8.02. The van der Waals surface area contributed by atoms with Crippen LogP contribution in [0.25, 0.3) is 0 Å². The molecule has 1 aliphatic rings. The number of nitrogens with one attached hydrogen (secondary N) is 1. The second kappa shape index (κ2) is 7.08. The fraction of sp³-hybridized carbons (Fsp3) is 0.588. The van der Waals surface area contributed by atoms with E-state index >= 15 is 0 Å². The Bertz CT molecular complexity index is 628. The van der Waals surface area contributed by atoms with Crippen molar-refractivity contribution in [2.75, 3.05) is 6.54 Å². The average Bonchev–Trinajstić information content (AvgIpc) is 2.44. The van der Waals surface area contributed by atoms with Crippen LogP contribution < -0.4 is 5.32 Å². The van der Waals surface area contributed by atoms with E-state index in [1.54, 1.807) is 26.8 Å². The Morgan fingerprint density at radius 2 is 2.04 bits per heavy atom. The molecule has 1 aliphatic carbocycles. The number of aliphatic hydroxyl groups is 1. The number of rotatable bonds is 4. The summed E-state index contributed by atoms with van der Waals surface area (Å²) >= 11 is 0. The molecule has 6 heteroatoms. The molecule has 6 nitrogen and oxygen atoms in total. The summed E-state index contributed by atoms with van der Waals surface area (Å²) in [4.78, 5) is 23.3. The number of benzene rings is 1. The Balaban J connectivity index is 2.16. The predicted octanol–water partition coefficient (Wildman–Crippen LogP) is 2.80. The largest absolute Gasteiger partial charge is 0.393 e. The van der Waals surface area contributed by atoms with E-state index in [-0.39, 0.29) is 23.6 Å². The van der Waals surface area contributed by atoms with Crippen molar-refractivity contribution in [2.45, 2.75) is 52.6 Å². The molecule has 0 radical (unpaired) electrons. The number of nitrogens with zero attached hydrogens (tertiary/aromatic N) is 1. The van der Waals surface area contributed by atoms with Crippen LogP contribution in [0, 0.1) is 36.8 Å². The molecule has 23 heavy (non-hydrogen) atoms. The van der Waals surface area contributed by atoms with Gasteiger partial charge in [0.2, 0.25) is 0 Å². The third-order valence-corrected chi connectivity index (χ3v) is 4.65. The predicted molar refractivity (Wildman–Crippen MR) is 87.6 cm³/mol. The van der Waals surface area contributed by atoms with E-state index in [4.69, 9.17) is 0 Å². The van der Waals surface area contributed by atoms with Crippen LogP contribution in [0.2, 0.25) is 0 Å². The Labute approximate surface area is 136 Å². The number of hydrogen-bond donors (Lipinski definition) is 2. The van der Waals surface area contributed by atoms with Gasteiger partial charge in [-0.1, -0.05) is 6.42 Å². The lowest BCUT2D eigenvalue weighted by Crippen LogP contribution is -2.33. The third-order valence-electron chi connectivity index (χ3n) is 4.65. The van der Waals surface area contributed by atoms with Crippen molar-refractivity contribution in [1.82, 2.24) is 5.32 Å². The molecule has 0 spiro atoms. The molecule has 1 amide bonds. The zero-order valence-electron chi connectivity index (χ0n) is 13.9. The number of aliphatic hydroxyl groups excluding tert-OH is 1. The van der Waals surface area contributed by atoms with Gasteiger partial charge in [-0.25, -0.2) is 0 Å². The van der Waals surface area contributed by atoms with E-state index in [1.807, 2.05) is 0 Å². The van der Waals surface area contributed by atoms with Crippen molar-refractivity contribution in [3.63, 3.8) is 0 Å². The van der Waals surface area contributed by atoms with E-state index in [1.165, 1.54) is 0 Å². The highest BCUT2D eigenvalue weighted by molar-refractivity contribution is 5.98. The number of carbonyl (C=O) groups excluding carboxylic acids is 1. The standard InChI is InChI=1S/C17H24N2O4/c1-10-7-11(2)16(19(22)23)12(3)15(10)17(21)18-9-13-5-4-6-14(20)8-13/h7,13-14,20H,4-6,8-9H2,1-3H3,(H,18,21). The van der Waals surface area contributed by atoms with Gasteiger partial charge < -0.3 is 10.4 Å². The monoisotopic (exact) mass is 320 g/mol. The van der Waals surface area contributed by atoms with Crippen LogP contribution in [0.4, 0.5) is 5.69 Å². The molecular weight excluding hydrogens is 296 g/mol. The molecule has 2 atom stereocenters. The minimum Gasteiger partial charge on any atom is -0.393 e. The summed E-state index contributed by atoms with van der Waals surface area (Å²) in [6.45, 7) is 5.60. The van der Waals surface area contributed by atoms with Crippen molar-refractivity contribution < 1.29 is 14.8 Å². The zero-order chi connectivity index (χ0) is 17.1. The van der Waals surface area contributed by atoms with Gasteiger partial charge in [0, 0.05) is 17.7 Å². The molecule has 1 aromatic rings. The van der Waals surface area contributed by atoms with Crippen molar-refractivity contribution >= 4 is 11.6 Å². The molecule has 126 valence electrons. The maximum atomic E-state index is 12.5. The van der Waals surface area contributed by atoms with Gasteiger partial charge >= 0.3 is 0 Å². The molecule has 0 bridgehead atoms. The lowest BCUT2D eigenvalue weighted by molar-refractivity contribution is -0.386. The highest BCUT2D eigenvalue weighted by atomic mass is 16.6. The molecule has 1 aromatic carbocycles. The molecule has 0 saturated heterocycles. The Morgan fingerprint density at radius 1 is 1.35 bits per heavy atom. The molecule has 2 rings (SSSR count). The Morgan fingerprint density at radius 3 is 2.65 bits per heavy atom. The first-order chi connectivity index (χ1) is 10.8. The maximum absolute atomic E-state index is 12.5. The van der Waals surface area contributed by atoms with Gasteiger partial charge in [0.1, 0.15) is 0 Å². The molecule has 0 heterocycles. The minimum absolute atomic E-state index is 0.00818. The number of carbonyl (C=O) groups is 1. The normalized spacial score (nSPS) is 21.0. The SMILES string of the molecule is Cc1cc(C)c([N+](=O)[O-])c(C)c1C(=O)NCC1CCCC(O)C1.